The van der Waals surface area contributed by atoms with E-state index in [2.05, 4.69) is 5.32 Å². The van der Waals surface area contributed by atoms with Crippen molar-refractivity contribution >= 4 is 23.2 Å². The molecule has 19 heavy (non-hydrogen) atoms. The molecule has 0 bridgehead atoms. The van der Waals surface area contributed by atoms with E-state index in [4.69, 9.17) is 11.5 Å². The summed E-state index contributed by atoms with van der Waals surface area (Å²) < 4.78 is 0. The minimum absolute atomic E-state index is 0.0103. The monoisotopic (exact) mass is 262 g/mol. The van der Waals surface area contributed by atoms with E-state index in [-0.39, 0.29) is 12.5 Å². The second-order valence-electron chi connectivity index (χ2n) is 4.58. The molecule has 6 heteroatoms. The van der Waals surface area contributed by atoms with E-state index in [1.54, 1.807) is 23.1 Å². The Labute approximate surface area is 111 Å². The predicted molar refractivity (Wildman–Crippen MR) is 73.7 cm³/mol. The standard InChI is InChI=1S/C13H18N4O2/c14-10-5-3-4-9(13(15)19)12(10)16-8-11(18)17-6-1-2-7-17/h3-5,16H,1-2,6-8,14H2,(H2,15,19). The Kier molecular flexibility index (Phi) is 3.89. The summed E-state index contributed by atoms with van der Waals surface area (Å²) >= 11 is 0. The van der Waals surface area contributed by atoms with Crippen LogP contribution in [-0.4, -0.2) is 36.3 Å². The van der Waals surface area contributed by atoms with Crippen LogP contribution in [0.15, 0.2) is 18.2 Å². The first-order valence-corrected chi connectivity index (χ1v) is 6.29. The van der Waals surface area contributed by atoms with Gasteiger partial charge in [0, 0.05) is 13.1 Å². The van der Waals surface area contributed by atoms with Crippen LogP contribution in [0, 0.1) is 0 Å². The molecular formula is C13H18N4O2. The molecule has 0 unspecified atom stereocenters. The molecule has 2 rings (SSSR count). The highest BCUT2D eigenvalue weighted by Crippen LogP contribution is 2.23. The van der Waals surface area contributed by atoms with E-state index in [0.717, 1.165) is 25.9 Å². The van der Waals surface area contributed by atoms with Gasteiger partial charge in [0.2, 0.25) is 5.91 Å². The summed E-state index contributed by atoms with van der Waals surface area (Å²) in [5.41, 5.74) is 12.2. The quantitative estimate of drug-likeness (QED) is 0.684. The van der Waals surface area contributed by atoms with Crippen molar-refractivity contribution in [1.29, 1.82) is 0 Å². The Morgan fingerprint density at radius 1 is 1.26 bits per heavy atom. The number of rotatable bonds is 4. The summed E-state index contributed by atoms with van der Waals surface area (Å²) in [6.07, 6.45) is 2.09. The van der Waals surface area contributed by atoms with Crippen LogP contribution < -0.4 is 16.8 Å². The first kappa shape index (κ1) is 13.2. The van der Waals surface area contributed by atoms with Crippen molar-refractivity contribution in [2.24, 2.45) is 5.73 Å². The van der Waals surface area contributed by atoms with Gasteiger partial charge in [0.15, 0.2) is 0 Å². The molecular weight excluding hydrogens is 244 g/mol. The lowest BCUT2D eigenvalue weighted by molar-refractivity contribution is -0.128. The van der Waals surface area contributed by atoms with Crippen LogP contribution in [0.3, 0.4) is 0 Å². The molecule has 2 amide bonds. The Hall–Kier alpha value is -2.24. The second-order valence-corrected chi connectivity index (χ2v) is 4.58. The molecule has 0 aromatic heterocycles. The van der Waals surface area contributed by atoms with E-state index in [1.807, 2.05) is 0 Å². The molecule has 1 aliphatic heterocycles. The Morgan fingerprint density at radius 2 is 1.95 bits per heavy atom. The molecule has 1 aromatic carbocycles. The van der Waals surface area contributed by atoms with E-state index in [0.29, 0.717) is 16.9 Å². The summed E-state index contributed by atoms with van der Waals surface area (Å²) in [6.45, 7) is 1.72. The summed E-state index contributed by atoms with van der Waals surface area (Å²) in [7, 11) is 0. The zero-order valence-electron chi connectivity index (χ0n) is 10.7. The first-order chi connectivity index (χ1) is 9.09. The van der Waals surface area contributed by atoms with Gasteiger partial charge in [-0.3, -0.25) is 9.59 Å². The van der Waals surface area contributed by atoms with Gasteiger partial charge < -0.3 is 21.7 Å². The number of nitrogens with zero attached hydrogens (tertiary/aromatic N) is 1. The van der Waals surface area contributed by atoms with Crippen LogP contribution in [0.2, 0.25) is 0 Å². The van der Waals surface area contributed by atoms with Crippen LogP contribution in [0.25, 0.3) is 0 Å². The Morgan fingerprint density at radius 3 is 2.58 bits per heavy atom. The van der Waals surface area contributed by atoms with Crippen molar-refractivity contribution in [2.45, 2.75) is 12.8 Å². The molecule has 1 saturated heterocycles. The van der Waals surface area contributed by atoms with Gasteiger partial charge in [0.1, 0.15) is 0 Å². The van der Waals surface area contributed by atoms with Crippen LogP contribution in [0.5, 0.6) is 0 Å². The number of nitrogens with two attached hydrogens (primary N) is 2. The number of carbonyl (C=O) groups is 2. The number of primary amides is 1. The normalized spacial score (nSPS) is 14.4. The van der Waals surface area contributed by atoms with Crippen LogP contribution >= 0.6 is 0 Å². The van der Waals surface area contributed by atoms with E-state index in [1.165, 1.54) is 0 Å². The average molecular weight is 262 g/mol. The van der Waals surface area contributed by atoms with Gasteiger partial charge in [0.05, 0.1) is 23.5 Å². The number of nitrogen functional groups attached to an aromatic ring is 1. The largest absolute Gasteiger partial charge is 0.397 e. The van der Waals surface area contributed by atoms with Crippen molar-refractivity contribution in [1.82, 2.24) is 4.90 Å². The lowest BCUT2D eigenvalue weighted by Gasteiger charge is -2.17. The fourth-order valence-electron chi connectivity index (χ4n) is 2.22. The zero-order chi connectivity index (χ0) is 13.8. The van der Waals surface area contributed by atoms with Gasteiger partial charge >= 0.3 is 0 Å². The summed E-state index contributed by atoms with van der Waals surface area (Å²) in [5, 5.41) is 2.92. The number of amides is 2. The van der Waals surface area contributed by atoms with Crippen molar-refractivity contribution in [2.75, 3.05) is 30.7 Å². The zero-order valence-corrected chi connectivity index (χ0v) is 10.7. The molecule has 0 saturated carbocycles. The minimum atomic E-state index is -0.566. The van der Waals surface area contributed by atoms with Crippen LogP contribution in [-0.2, 0) is 4.79 Å². The first-order valence-electron chi connectivity index (χ1n) is 6.29. The van der Waals surface area contributed by atoms with Gasteiger partial charge in [-0.2, -0.15) is 0 Å². The highest BCUT2D eigenvalue weighted by molar-refractivity contribution is 6.01. The van der Waals surface area contributed by atoms with E-state index >= 15 is 0 Å². The van der Waals surface area contributed by atoms with E-state index in [9.17, 15) is 9.59 Å². The number of para-hydroxylation sites is 1. The molecule has 5 N–H and O–H groups in total. The minimum Gasteiger partial charge on any atom is -0.397 e. The molecule has 0 spiro atoms. The maximum atomic E-state index is 11.9. The van der Waals surface area contributed by atoms with Crippen molar-refractivity contribution < 1.29 is 9.59 Å². The maximum Gasteiger partial charge on any atom is 0.250 e. The maximum absolute atomic E-state index is 11.9. The molecule has 0 radical (unpaired) electrons. The smallest absolute Gasteiger partial charge is 0.250 e. The molecule has 1 heterocycles. The molecule has 1 aliphatic rings. The lowest BCUT2D eigenvalue weighted by Crippen LogP contribution is -2.33. The number of nitrogens with one attached hydrogen (secondary N) is 1. The van der Waals surface area contributed by atoms with Crippen LogP contribution in [0.4, 0.5) is 11.4 Å². The summed E-state index contributed by atoms with van der Waals surface area (Å²) in [4.78, 5) is 25.0. The van der Waals surface area contributed by atoms with Gasteiger partial charge in [-0.25, -0.2) is 0 Å². The van der Waals surface area contributed by atoms with Gasteiger partial charge in [-0.15, -0.1) is 0 Å². The molecule has 0 atom stereocenters. The van der Waals surface area contributed by atoms with Crippen molar-refractivity contribution in [3.63, 3.8) is 0 Å². The molecule has 1 aromatic rings. The lowest BCUT2D eigenvalue weighted by atomic mass is 10.1. The van der Waals surface area contributed by atoms with E-state index < -0.39 is 5.91 Å². The highest BCUT2D eigenvalue weighted by Gasteiger charge is 2.18. The van der Waals surface area contributed by atoms with Gasteiger partial charge in [-0.1, -0.05) is 6.07 Å². The van der Waals surface area contributed by atoms with Crippen molar-refractivity contribution in [3.05, 3.63) is 23.8 Å². The third kappa shape index (κ3) is 2.96. The fourth-order valence-corrected chi connectivity index (χ4v) is 2.22. The van der Waals surface area contributed by atoms with Gasteiger partial charge in [0.25, 0.3) is 5.91 Å². The Balaban J connectivity index is 2.06. The third-order valence-corrected chi connectivity index (χ3v) is 3.24. The van der Waals surface area contributed by atoms with Crippen molar-refractivity contribution in [3.8, 4) is 0 Å². The highest BCUT2D eigenvalue weighted by atomic mass is 16.2. The fraction of sp³-hybridized carbons (Fsp3) is 0.385. The predicted octanol–water partition coefficient (Wildman–Crippen LogP) is 0.402. The molecule has 0 aliphatic carbocycles. The summed E-state index contributed by atoms with van der Waals surface area (Å²) in [6, 6.07) is 4.90. The second kappa shape index (κ2) is 5.60. The number of anilines is 2. The van der Waals surface area contributed by atoms with Gasteiger partial charge in [-0.05, 0) is 25.0 Å². The SMILES string of the molecule is NC(=O)c1cccc(N)c1NCC(=O)N1CCCC1. The number of carbonyl (C=O) groups excluding carboxylic acids is 2. The summed E-state index contributed by atoms with van der Waals surface area (Å²) in [5.74, 6) is -0.556. The Bertz CT molecular complexity index is 495. The number of likely N-dealkylation sites (tertiary alicyclic amines) is 1. The topological polar surface area (TPSA) is 101 Å². The molecule has 102 valence electrons. The number of hydrogen-bond donors (Lipinski definition) is 3. The third-order valence-electron chi connectivity index (χ3n) is 3.24. The molecule has 6 nitrogen and oxygen atoms in total. The number of benzene rings is 1. The number of hydrogen-bond acceptors (Lipinski definition) is 4. The molecule has 1 fully saturated rings. The average Bonchev–Trinajstić information content (AvgIpc) is 2.90. The van der Waals surface area contributed by atoms with Crippen LogP contribution in [0.1, 0.15) is 23.2 Å².